The average molecular weight is 463 g/mol. The number of ether oxygens (including phenoxy) is 1. The summed E-state index contributed by atoms with van der Waals surface area (Å²) in [7, 11) is 0. The van der Waals surface area contributed by atoms with Crippen LogP contribution in [0.2, 0.25) is 5.02 Å². The monoisotopic (exact) mass is 462 g/mol. The third-order valence-corrected chi connectivity index (χ3v) is 6.17. The Morgan fingerprint density at radius 1 is 1.23 bits per heavy atom. The number of thioether (sulfide) groups is 1. The Morgan fingerprint density at radius 3 is 2.48 bits per heavy atom. The van der Waals surface area contributed by atoms with Gasteiger partial charge in [-0.25, -0.2) is 4.39 Å². The van der Waals surface area contributed by atoms with Crippen molar-refractivity contribution < 1.29 is 13.9 Å². The van der Waals surface area contributed by atoms with Crippen molar-refractivity contribution in [2.45, 2.75) is 45.5 Å². The first-order valence-electron chi connectivity index (χ1n) is 9.83. The molecule has 0 radical (unpaired) electrons. The summed E-state index contributed by atoms with van der Waals surface area (Å²) < 4.78 is 21.0. The summed E-state index contributed by atoms with van der Waals surface area (Å²) in [5.41, 5.74) is 2.44. The normalized spacial score (nSPS) is 11.9. The largest absolute Gasteiger partial charge is 0.483 e. The van der Waals surface area contributed by atoms with Crippen LogP contribution in [0.3, 0.4) is 0 Å². The highest BCUT2D eigenvalue weighted by molar-refractivity contribution is 7.99. The Hall–Kier alpha value is -2.58. The number of anilines is 1. The average Bonchev–Trinajstić information content (AvgIpc) is 3.15. The number of rotatable bonds is 8. The maximum absolute atomic E-state index is 13.0. The molecule has 1 N–H and O–H groups in total. The van der Waals surface area contributed by atoms with E-state index in [2.05, 4.69) is 15.5 Å². The van der Waals surface area contributed by atoms with E-state index in [0.29, 0.717) is 29.0 Å². The van der Waals surface area contributed by atoms with E-state index in [1.54, 1.807) is 0 Å². The SMILES string of the molecule is CCn1c(SCC(=O)Nc2ccc(F)cc2)nnc1C(C)Oc1cc(C)c(Cl)c(C)c1. The number of aromatic nitrogens is 3. The molecule has 9 heteroatoms. The summed E-state index contributed by atoms with van der Waals surface area (Å²) in [6.45, 7) is 8.40. The van der Waals surface area contributed by atoms with E-state index in [4.69, 9.17) is 16.3 Å². The first kappa shape index (κ1) is 23.1. The number of hydrogen-bond donors (Lipinski definition) is 1. The molecule has 3 aromatic rings. The van der Waals surface area contributed by atoms with Gasteiger partial charge in [-0.3, -0.25) is 4.79 Å². The summed E-state index contributed by atoms with van der Waals surface area (Å²) in [6.07, 6.45) is -0.338. The molecule has 0 aliphatic rings. The molecule has 1 aromatic heterocycles. The van der Waals surface area contributed by atoms with Gasteiger partial charge in [0, 0.05) is 17.3 Å². The van der Waals surface area contributed by atoms with Gasteiger partial charge in [-0.15, -0.1) is 10.2 Å². The van der Waals surface area contributed by atoms with Crippen LogP contribution >= 0.6 is 23.4 Å². The van der Waals surface area contributed by atoms with E-state index >= 15 is 0 Å². The molecule has 0 saturated heterocycles. The van der Waals surface area contributed by atoms with Crippen LogP contribution in [0.25, 0.3) is 0 Å². The Morgan fingerprint density at radius 2 is 1.87 bits per heavy atom. The van der Waals surface area contributed by atoms with Crippen LogP contribution in [0.15, 0.2) is 41.6 Å². The molecule has 2 aromatic carbocycles. The molecule has 1 atom stereocenters. The fraction of sp³-hybridized carbons (Fsp3) is 0.318. The van der Waals surface area contributed by atoms with Gasteiger partial charge in [0.1, 0.15) is 11.6 Å². The van der Waals surface area contributed by atoms with Crippen LogP contribution in [0.5, 0.6) is 5.75 Å². The van der Waals surface area contributed by atoms with E-state index in [9.17, 15) is 9.18 Å². The third-order valence-electron chi connectivity index (χ3n) is 4.61. The summed E-state index contributed by atoms with van der Waals surface area (Å²) in [5, 5.41) is 12.6. The first-order valence-corrected chi connectivity index (χ1v) is 11.2. The van der Waals surface area contributed by atoms with Gasteiger partial charge in [-0.05, 0) is 75.2 Å². The molecule has 1 amide bonds. The van der Waals surface area contributed by atoms with Crippen molar-refractivity contribution in [3.8, 4) is 5.75 Å². The van der Waals surface area contributed by atoms with E-state index in [1.807, 2.05) is 44.4 Å². The first-order chi connectivity index (χ1) is 14.8. The quantitative estimate of drug-likeness (QED) is 0.442. The number of carbonyl (C=O) groups excluding carboxylic acids is 1. The van der Waals surface area contributed by atoms with Gasteiger partial charge < -0.3 is 14.6 Å². The lowest BCUT2D eigenvalue weighted by Crippen LogP contribution is -2.15. The molecular weight excluding hydrogens is 439 g/mol. The van der Waals surface area contributed by atoms with Crippen LogP contribution in [0.1, 0.15) is 36.9 Å². The lowest BCUT2D eigenvalue weighted by atomic mass is 10.1. The van der Waals surface area contributed by atoms with E-state index in [1.165, 1.54) is 36.0 Å². The number of aryl methyl sites for hydroxylation is 2. The van der Waals surface area contributed by atoms with Gasteiger partial charge in [0.2, 0.25) is 5.91 Å². The summed E-state index contributed by atoms with van der Waals surface area (Å²) in [5.74, 6) is 0.983. The fourth-order valence-corrected chi connectivity index (χ4v) is 4.01. The minimum absolute atomic E-state index is 0.153. The number of benzene rings is 2. The number of nitrogens with zero attached hydrogens (tertiary/aromatic N) is 3. The van der Waals surface area contributed by atoms with Crippen LogP contribution in [0.4, 0.5) is 10.1 Å². The Kier molecular flexibility index (Phi) is 7.56. The molecule has 1 unspecified atom stereocenters. The highest BCUT2D eigenvalue weighted by Gasteiger charge is 2.20. The smallest absolute Gasteiger partial charge is 0.234 e. The van der Waals surface area contributed by atoms with Gasteiger partial charge in [0.05, 0.1) is 5.75 Å². The minimum atomic E-state index is -0.351. The molecule has 0 saturated carbocycles. The maximum Gasteiger partial charge on any atom is 0.234 e. The van der Waals surface area contributed by atoms with Crippen LogP contribution < -0.4 is 10.1 Å². The molecule has 1 heterocycles. The molecule has 6 nitrogen and oxygen atoms in total. The van der Waals surface area contributed by atoms with Crippen molar-refractivity contribution in [3.05, 3.63) is 64.2 Å². The van der Waals surface area contributed by atoms with Crippen molar-refractivity contribution in [2.75, 3.05) is 11.1 Å². The molecule has 164 valence electrons. The molecule has 0 aliphatic carbocycles. The molecule has 0 bridgehead atoms. The predicted molar refractivity (Wildman–Crippen MR) is 121 cm³/mol. The van der Waals surface area contributed by atoms with Crippen LogP contribution in [-0.4, -0.2) is 26.4 Å². The molecule has 0 aliphatic heterocycles. The van der Waals surface area contributed by atoms with Crippen molar-refractivity contribution in [2.24, 2.45) is 0 Å². The molecule has 0 spiro atoms. The topological polar surface area (TPSA) is 69.0 Å². The van der Waals surface area contributed by atoms with Crippen molar-refractivity contribution in [1.82, 2.24) is 14.8 Å². The van der Waals surface area contributed by atoms with Crippen LogP contribution in [-0.2, 0) is 11.3 Å². The zero-order chi connectivity index (χ0) is 22.5. The number of carbonyl (C=O) groups is 1. The van der Waals surface area contributed by atoms with Gasteiger partial charge in [-0.1, -0.05) is 23.4 Å². The second-order valence-corrected chi connectivity index (χ2v) is 8.38. The van der Waals surface area contributed by atoms with Gasteiger partial charge in [-0.2, -0.15) is 0 Å². The summed E-state index contributed by atoms with van der Waals surface area (Å²) >= 11 is 7.52. The lowest BCUT2D eigenvalue weighted by molar-refractivity contribution is -0.113. The highest BCUT2D eigenvalue weighted by Crippen LogP contribution is 2.29. The van der Waals surface area contributed by atoms with Crippen molar-refractivity contribution in [3.63, 3.8) is 0 Å². The number of hydrogen-bond acceptors (Lipinski definition) is 5. The fourth-order valence-electron chi connectivity index (χ4n) is 3.10. The molecule has 31 heavy (non-hydrogen) atoms. The molecule has 3 rings (SSSR count). The Labute approximate surface area is 190 Å². The van der Waals surface area contributed by atoms with E-state index in [-0.39, 0.29) is 23.6 Å². The summed E-state index contributed by atoms with van der Waals surface area (Å²) in [4.78, 5) is 12.2. The highest BCUT2D eigenvalue weighted by atomic mass is 35.5. The predicted octanol–water partition coefficient (Wildman–Crippen LogP) is 5.58. The molecular formula is C22H24ClFN4O2S. The third kappa shape index (κ3) is 5.77. The van der Waals surface area contributed by atoms with Crippen molar-refractivity contribution in [1.29, 1.82) is 0 Å². The lowest BCUT2D eigenvalue weighted by Gasteiger charge is -2.17. The second kappa shape index (κ2) is 10.2. The van der Waals surface area contributed by atoms with Gasteiger partial charge in [0.25, 0.3) is 0 Å². The second-order valence-electron chi connectivity index (χ2n) is 7.06. The van der Waals surface area contributed by atoms with Crippen LogP contribution in [0, 0.1) is 19.7 Å². The zero-order valence-electron chi connectivity index (χ0n) is 17.8. The Balaban J connectivity index is 1.65. The number of nitrogens with one attached hydrogen (secondary N) is 1. The standard InChI is InChI=1S/C22H24ClFN4O2S/c1-5-28-21(15(4)30-18-10-13(2)20(23)14(3)11-18)26-27-22(28)31-12-19(29)25-17-8-6-16(24)7-9-17/h6-11,15H,5,12H2,1-4H3,(H,25,29). The summed E-state index contributed by atoms with van der Waals surface area (Å²) in [6, 6.07) is 9.43. The van der Waals surface area contributed by atoms with E-state index < -0.39 is 0 Å². The van der Waals surface area contributed by atoms with Gasteiger partial charge >= 0.3 is 0 Å². The molecule has 0 fully saturated rings. The maximum atomic E-state index is 13.0. The number of halogens is 2. The van der Waals surface area contributed by atoms with E-state index in [0.717, 1.165) is 16.1 Å². The number of amides is 1. The van der Waals surface area contributed by atoms with Crippen molar-refractivity contribution >= 4 is 35.0 Å². The minimum Gasteiger partial charge on any atom is -0.483 e. The Bertz CT molecular complexity index is 1050. The van der Waals surface area contributed by atoms with Gasteiger partial charge in [0.15, 0.2) is 17.1 Å². The zero-order valence-corrected chi connectivity index (χ0v) is 19.4.